The van der Waals surface area contributed by atoms with Crippen LogP contribution < -0.4 is 5.32 Å². The van der Waals surface area contributed by atoms with E-state index >= 15 is 0 Å². The summed E-state index contributed by atoms with van der Waals surface area (Å²) in [6.45, 7) is 0.597. The Kier molecular flexibility index (Phi) is 4.16. The largest absolute Gasteiger partial charge is 0.463 e. The molecule has 1 N–H and O–H groups in total. The standard InChI is InChI=1S/C19H15N5O/c1-3-14(11-21-7-1)12-22-19-23-13-16(15-5-8-20-9-6-15)18(24-19)17-4-2-10-25-17/h1-11,13H,12H2,(H,22,23,24). The number of rotatable bonds is 5. The van der Waals surface area contributed by atoms with Gasteiger partial charge in [-0.15, -0.1) is 0 Å². The highest BCUT2D eigenvalue weighted by Crippen LogP contribution is 2.30. The van der Waals surface area contributed by atoms with Gasteiger partial charge in [-0.25, -0.2) is 9.97 Å². The van der Waals surface area contributed by atoms with E-state index in [0.29, 0.717) is 18.3 Å². The fraction of sp³-hybridized carbons (Fsp3) is 0.0526. The lowest BCUT2D eigenvalue weighted by atomic mass is 10.1. The van der Waals surface area contributed by atoms with Crippen LogP contribution in [-0.2, 0) is 6.54 Å². The summed E-state index contributed by atoms with van der Waals surface area (Å²) in [5.41, 5.74) is 3.67. The van der Waals surface area contributed by atoms with Crippen molar-refractivity contribution in [1.82, 2.24) is 19.9 Å². The molecule has 0 fully saturated rings. The molecule has 0 aliphatic heterocycles. The van der Waals surface area contributed by atoms with Crippen LogP contribution in [0.5, 0.6) is 0 Å². The molecule has 0 aromatic carbocycles. The first kappa shape index (κ1) is 15.0. The van der Waals surface area contributed by atoms with Gasteiger partial charge in [-0.05, 0) is 41.5 Å². The van der Waals surface area contributed by atoms with Crippen LogP contribution >= 0.6 is 0 Å². The van der Waals surface area contributed by atoms with E-state index in [1.165, 1.54) is 0 Å². The molecule has 0 aliphatic carbocycles. The van der Waals surface area contributed by atoms with Gasteiger partial charge in [0.25, 0.3) is 0 Å². The molecule has 4 aromatic rings. The fourth-order valence-corrected chi connectivity index (χ4v) is 2.49. The Labute approximate surface area is 144 Å². The second kappa shape index (κ2) is 6.92. The van der Waals surface area contributed by atoms with Crippen molar-refractivity contribution in [3.8, 4) is 22.6 Å². The van der Waals surface area contributed by atoms with Crippen LogP contribution in [0.3, 0.4) is 0 Å². The Balaban J connectivity index is 1.68. The molecule has 0 saturated heterocycles. The second-order valence-corrected chi connectivity index (χ2v) is 5.38. The molecular formula is C19H15N5O. The van der Waals surface area contributed by atoms with Crippen molar-refractivity contribution in [2.75, 3.05) is 5.32 Å². The number of hydrogen-bond donors (Lipinski definition) is 1. The summed E-state index contributed by atoms with van der Waals surface area (Å²) >= 11 is 0. The number of pyridine rings is 2. The van der Waals surface area contributed by atoms with Gasteiger partial charge in [0.15, 0.2) is 5.76 Å². The number of hydrogen-bond acceptors (Lipinski definition) is 6. The molecule has 0 aliphatic rings. The quantitative estimate of drug-likeness (QED) is 0.600. The topological polar surface area (TPSA) is 76.7 Å². The molecule has 6 heteroatoms. The average Bonchev–Trinajstić information content (AvgIpc) is 3.22. The lowest BCUT2D eigenvalue weighted by Gasteiger charge is -2.10. The summed E-state index contributed by atoms with van der Waals surface area (Å²) in [5, 5.41) is 3.23. The molecule has 4 rings (SSSR count). The van der Waals surface area contributed by atoms with Crippen LogP contribution in [0.25, 0.3) is 22.6 Å². The van der Waals surface area contributed by atoms with E-state index in [9.17, 15) is 0 Å². The van der Waals surface area contributed by atoms with Crippen LogP contribution in [0.2, 0.25) is 0 Å². The smallest absolute Gasteiger partial charge is 0.223 e. The van der Waals surface area contributed by atoms with Crippen LogP contribution in [0.4, 0.5) is 5.95 Å². The van der Waals surface area contributed by atoms with Gasteiger partial charge in [0.2, 0.25) is 5.95 Å². The normalized spacial score (nSPS) is 10.6. The summed E-state index contributed by atoms with van der Waals surface area (Å²) in [4.78, 5) is 17.3. The maximum Gasteiger partial charge on any atom is 0.223 e. The molecule has 0 saturated carbocycles. The minimum Gasteiger partial charge on any atom is -0.463 e. The Morgan fingerprint density at radius 1 is 0.920 bits per heavy atom. The molecule has 25 heavy (non-hydrogen) atoms. The van der Waals surface area contributed by atoms with E-state index in [2.05, 4.69) is 25.3 Å². The summed E-state index contributed by atoms with van der Waals surface area (Å²) in [7, 11) is 0. The lowest BCUT2D eigenvalue weighted by Crippen LogP contribution is -2.05. The highest BCUT2D eigenvalue weighted by atomic mass is 16.3. The van der Waals surface area contributed by atoms with E-state index in [0.717, 1.165) is 22.4 Å². The van der Waals surface area contributed by atoms with Gasteiger partial charge in [0, 0.05) is 43.1 Å². The van der Waals surface area contributed by atoms with Gasteiger partial charge in [0.1, 0.15) is 5.69 Å². The molecule has 0 spiro atoms. The van der Waals surface area contributed by atoms with Crippen molar-refractivity contribution in [2.45, 2.75) is 6.54 Å². The van der Waals surface area contributed by atoms with Crippen LogP contribution in [0.15, 0.2) is 78.1 Å². The van der Waals surface area contributed by atoms with E-state index in [-0.39, 0.29) is 0 Å². The lowest BCUT2D eigenvalue weighted by molar-refractivity contribution is 0.580. The van der Waals surface area contributed by atoms with E-state index in [1.54, 1.807) is 31.1 Å². The van der Waals surface area contributed by atoms with E-state index in [4.69, 9.17) is 4.42 Å². The summed E-state index contributed by atoms with van der Waals surface area (Å²) < 4.78 is 5.56. The first-order chi connectivity index (χ1) is 12.4. The fourth-order valence-electron chi connectivity index (χ4n) is 2.49. The van der Waals surface area contributed by atoms with Crippen molar-refractivity contribution in [3.05, 3.63) is 79.2 Å². The summed E-state index contributed by atoms with van der Waals surface area (Å²) in [6.07, 6.45) is 10.5. The van der Waals surface area contributed by atoms with Gasteiger partial charge >= 0.3 is 0 Å². The van der Waals surface area contributed by atoms with Crippen molar-refractivity contribution >= 4 is 5.95 Å². The molecule has 4 aromatic heterocycles. The molecular weight excluding hydrogens is 314 g/mol. The molecule has 0 unspecified atom stereocenters. The first-order valence-corrected chi connectivity index (χ1v) is 7.84. The zero-order valence-electron chi connectivity index (χ0n) is 13.3. The third kappa shape index (κ3) is 3.37. The Morgan fingerprint density at radius 3 is 2.60 bits per heavy atom. The SMILES string of the molecule is c1cncc(CNc2ncc(-c3ccncc3)c(-c3ccco3)n2)c1. The van der Waals surface area contributed by atoms with Gasteiger partial charge in [-0.1, -0.05) is 6.07 Å². The predicted octanol–water partition coefficient (Wildman–Crippen LogP) is 3.81. The van der Waals surface area contributed by atoms with Crippen LogP contribution in [-0.4, -0.2) is 19.9 Å². The number of nitrogens with zero attached hydrogens (tertiary/aromatic N) is 4. The summed E-state index contributed by atoms with van der Waals surface area (Å²) in [5.74, 6) is 1.23. The maximum absolute atomic E-state index is 5.56. The molecule has 0 amide bonds. The monoisotopic (exact) mass is 329 g/mol. The number of anilines is 1. The van der Waals surface area contributed by atoms with E-state index in [1.807, 2.05) is 42.6 Å². The van der Waals surface area contributed by atoms with Gasteiger partial charge in [0.05, 0.1) is 6.26 Å². The number of nitrogens with one attached hydrogen (secondary N) is 1. The minimum atomic E-state index is 0.535. The second-order valence-electron chi connectivity index (χ2n) is 5.38. The molecule has 0 atom stereocenters. The summed E-state index contributed by atoms with van der Waals surface area (Å²) in [6, 6.07) is 11.5. The van der Waals surface area contributed by atoms with Crippen molar-refractivity contribution < 1.29 is 4.42 Å². The Bertz CT molecular complexity index is 940. The molecule has 6 nitrogen and oxygen atoms in total. The van der Waals surface area contributed by atoms with Crippen molar-refractivity contribution in [1.29, 1.82) is 0 Å². The Hall–Kier alpha value is -3.54. The third-order valence-electron chi connectivity index (χ3n) is 3.71. The first-order valence-electron chi connectivity index (χ1n) is 7.84. The number of furan rings is 1. The molecule has 4 heterocycles. The zero-order valence-corrected chi connectivity index (χ0v) is 13.3. The third-order valence-corrected chi connectivity index (χ3v) is 3.71. The zero-order chi connectivity index (χ0) is 16.9. The van der Waals surface area contributed by atoms with Crippen molar-refractivity contribution in [3.63, 3.8) is 0 Å². The number of aromatic nitrogens is 4. The van der Waals surface area contributed by atoms with Gasteiger partial charge in [-0.3, -0.25) is 9.97 Å². The highest BCUT2D eigenvalue weighted by Gasteiger charge is 2.13. The van der Waals surface area contributed by atoms with E-state index < -0.39 is 0 Å². The van der Waals surface area contributed by atoms with Gasteiger partial charge < -0.3 is 9.73 Å². The van der Waals surface area contributed by atoms with Crippen LogP contribution in [0.1, 0.15) is 5.56 Å². The molecule has 0 radical (unpaired) electrons. The molecule has 0 bridgehead atoms. The van der Waals surface area contributed by atoms with Crippen molar-refractivity contribution in [2.24, 2.45) is 0 Å². The molecule has 122 valence electrons. The predicted molar refractivity (Wildman–Crippen MR) is 94.5 cm³/mol. The highest BCUT2D eigenvalue weighted by molar-refractivity contribution is 5.78. The maximum atomic E-state index is 5.56. The minimum absolute atomic E-state index is 0.535. The van der Waals surface area contributed by atoms with Gasteiger partial charge in [-0.2, -0.15) is 0 Å². The Morgan fingerprint density at radius 2 is 1.84 bits per heavy atom. The van der Waals surface area contributed by atoms with Crippen LogP contribution in [0, 0.1) is 0 Å². The average molecular weight is 329 g/mol.